The summed E-state index contributed by atoms with van der Waals surface area (Å²) in [5.74, 6) is 0.772. The SMILES string of the molecule is CC(C)(C)c1ncc(C#N)cc1OC1CC1. The lowest BCUT2D eigenvalue weighted by atomic mass is 9.90. The zero-order chi connectivity index (χ0) is 11.8. The number of hydrogen-bond donors (Lipinski definition) is 0. The van der Waals surface area contributed by atoms with E-state index in [0.29, 0.717) is 11.7 Å². The zero-order valence-electron chi connectivity index (χ0n) is 9.95. The van der Waals surface area contributed by atoms with Crippen LogP contribution in [0.25, 0.3) is 0 Å². The summed E-state index contributed by atoms with van der Waals surface area (Å²) in [6, 6.07) is 3.89. The molecule has 0 aromatic carbocycles. The van der Waals surface area contributed by atoms with E-state index >= 15 is 0 Å². The molecular weight excluding hydrogens is 200 g/mol. The third-order valence-corrected chi connectivity index (χ3v) is 2.51. The fourth-order valence-corrected chi connectivity index (χ4v) is 1.52. The number of pyridine rings is 1. The second-order valence-corrected chi connectivity index (χ2v) is 5.25. The molecule has 1 aliphatic rings. The molecule has 0 aliphatic heterocycles. The molecule has 84 valence electrons. The summed E-state index contributed by atoms with van der Waals surface area (Å²) in [4.78, 5) is 4.35. The quantitative estimate of drug-likeness (QED) is 0.763. The highest BCUT2D eigenvalue weighted by Crippen LogP contribution is 2.34. The van der Waals surface area contributed by atoms with Crippen LogP contribution in [-0.4, -0.2) is 11.1 Å². The van der Waals surface area contributed by atoms with Crippen LogP contribution in [-0.2, 0) is 5.41 Å². The van der Waals surface area contributed by atoms with Crippen molar-refractivity contribution in [2.24, 2.45) is 0 Å². The number of hydrogen-bond acceptors (Lipinski definition) is 3. The summed E-state index contributed by atoms with van der Waals surface area (Å²) in [7, 11) is 0. The molecule has 1 fully saturated rings. The Kier molecular flexibility index (Phi) is 2.59. The van der Waals surface area contributed by atoms with Gasteiger partial charge in [-0.3, -0.25) is 4.98 Å². The van der Waals surface area contributed by atoms with Crippen molar-refractivity contribution in [2.45, 2.75) is 45.1 Å². The Morgan fingerprint density at radius 2 is 2.12 bits per heavy atom. The maximum absolute atomic E-state index is 8.86. The first kappa shape index (κ1) is 10.9. The molecule has 0 radical (unpaired) electrons. The molecular formula is C13H16N2O. The first-order chi connectivity index (χ1) is 7.50. The molecule has 3 nitrogen and oxygen atoms in total. The minimum atomic E-state index is -0.0573. The van der Waals surface area contributed by atoms with Crippen LogP contribution in [0.15, 0.2) is 12.3 Å². The van der Waals surface area contributed by atoms with Crippen molar-refractivity contribution < 1.29 is 4.74 Å². The second kappa shape index (κ2) is 3.79. The minimum absolute atomic E-state index is 0.0573. The molecule has 0 saturated heterocycles. The van der Waals surface area contributed by atoms with Gasteiger partial charge in [0.1, 0.15) is 11.8 Å². The van der Waals surface area contributed by atoms with Crippen molar-refractivity contribution in [3.63, 3.8) is 0 Å². The Hall–Kier alpha value is -1.56. The molecule has 1 heterocycles. The van der Waals surface area contributed by atoms with Gasteiger partial charge in [-0.1, -0.05) is 20.8 Å². The van der Waals surface area contributed by atoms with E-state index in [0.717, 1.165) is 24.3 Å². The summed E-state index contributed by atoms with van der Waals surface area (Å²) in [6.45, 7) is 6.30. The van der Waals surface area contributed by atoms with Crippen LogP contribution in [0.1, 0.15) is 44.9 Å². The van der Waals surface area contributed by atoms with Crippen LogP contribution in [0.2, 0.25) is 0 Å². The highest BCUT2D eigenvalue weighted by Gasteiger charge is 2.28. The van der Waals surface area contributed by atoms with E-state index in [1.807, 2.05) is 0 Å². The third-order valence-electron chi connectivity index (χ3n) is 2.51. The van der Waals surface area contributed by atoms with Crippen molar-refractivity contribution in [1.29, 1.82) is 5.26 Å². The van der Waals surface area contributed by atoms with Gasteiger partial charge in [-0.25, -0.2) is 0 Å². The smallest absolute Gasteiger partial charge is 0.143 e. The first-order valence-corrected chi connectivity index (χ1v) is 5.58. The van der Waals surface area contributed by atoms with Crippen LogP contribution in [0.3, 0.4) is 0 Å². The molecule has 1 aliphatic carbocycles. The Labute approximate surface area is 96.1 Å². The maximum Gasteiger partial charge on any atom is 0.143 e. The van der Waals surface area contributed by atoms with E-state index in [1.165, 1.54) is 0 Å². The monoisotopic (exact) mass is 216 g/mol. The van der Waals surface area contributed by atoms with Gasteiger partial charge < -0.3 is 4.74 Å². The fourth-order valence-electron chi connectivity index (χ4n) is 1.52. The lowest BCUT2D eigenvalue weighted by molar-refractivity contribution is 0.292. The molecule has 1 aromatic rings. The topological polar surface area (TPSA) is 45.9 Å². The van der Waals surface area contributed by atoms with Crippen molar-refractivity contribution in [3.8, 4) is 11.8 Å². The Morgan fingerprint density at radius 3 is 2.62 bits per heavy atom. The van der Waals surface area contributed by atoms with E-state index in [2.05, 4.69) is 31.8 Å². The zero-order valence-corrected chi connectivity index (χ0v) is 9.95. The van der Waals surface area contributed by atoms with Crippen molar-refractivity contribution >= 4 is 0 Å². The van der Waals surface area contributed by atoms with E-state index in [9.17, 15) is 0 Å². The van der Waals surface area contributed by atoms with Gasteiger partial charge in [0.15, 0.2) is 0 Å². The molecule has 2 rings (SSSR count). The van der Waals surface area contributed by atoms with Gasteiger partial charge in [0, 0.05) is 17.7 Å². The number of rotatable bonds is 2. The van der Waals surface area contributed by atoms with Crippen molar-refractivity contribution in [1.82, 2.24) is 4.98 Å². The van der Waals surface area contributed by atoms with Crippen LogP contribution in [0.4, 0.5) is 0 Å². The van der Waals surface area contributed by atoms with E-state index in [4.69, 9.17) is 10.00 Å². The predicted molar refractivity (Wildman–Crippen MR) is 61.3 cm³/mol. The summed E-state index contributed by atoms with van der Waals surface area (Å²) < 4.78 is 5.81. The number of nitrogens with zero attached hydrogens (tertiary/aromatic N) is 2. The lowest BCUT2D eigenvalue weighted by Gasteiger charge is -2.21. The van der Waals surface area contributed by atoms with Gasteiger partial charge in [0.25, 0.3) is 0 Å². The number of aromatic nitrogens is 1. The Morgan fingerprint density at radius 1 is 1.44 bits per heavy atom. The van der Waals surface area contributed by atoms with Gasteiger partial charge in [0.2, 0.25) is 0 Å². The number of nitriles is 1. The van der Waals surface area contributed by atoms with Gasteiger partial charge in [-0.15, -0.1) is 0 Å². The van der Waals surface area contributed by atoms with Gasteiger partial charge >= 0.3 is 0 Å². The van der Waals surface area contributed by atoms with E-state index in [-0.39, 0.29) is 5.41 Å². The standard InChI is InChI=1S/C13H16N2O/c1-13(2,3)12-11(16-10-4-5-10)6-9(7-14)8-15-12/h6,8,10H,4-5H2,1-3H3. The van der Waals surface area contributed by atoms with Gasteiger partial charge in [-0.2, -0.15) is 5.26 Å². The molecule has 0 spiro atoms. The Balaban J connectivity index is 2.38. The molecule has 0 unspecified atom stereocenters. The van der Waals surface area contributed by atoms with E-state index < -0.39 is 0 Å². The van der Waals surface area contributed by atoms with Gasteiger partial charge in [0.05, 0.1) is 17.4 Å². The minimum Gasteiger partial charge on any atom is -0.488 e. The Bertz CT molecular complexity index is 436. The first-order valence-electron chi connectivity index (χ1n) is 5.58. The summed E-state index contributed by atoms with van der Waals surface area (Å²) >= 11 is 0. The predicted octanol–water partition coefficient (Wildman–Crippen LogP) is 2.79. The van der Waals surface area contributed by atoms with Crippen molar-refractivity contribution in [2.75, 3.05) is 0 Å². The molecule has 1 aromatic heterocycles. The molecule has 0 bridgehead atoms. The average molecular weight is 216 g/mol. The summed E-state index contributed by atoms with van der Waals surface area (Å²) in [5.41, 5.74) is 1.43. The van der Waals surface area contributed by atoms with Crippen LogP contribution in [0, 0.1) is 11.3 Å². The second-order valence-electron chi connectivity index (χ2n) is 5.25. The average Bonchev–Trinajstić information content (AvgIpc) is 3.00. The molecule has 0 atom stereocenters. The van der Waals surface area contributed by atoms with Crippen molar-refractivity contribution in [3.05, 3.63) is 23.5 Å². The summed E-state index contributed by atoms with van der Waals surface area (Å²) in [5, 5.41) is 8.86. The maximum atomic E-state index is 8.86. The summed E-state index contributed by atoms with van der Waals surface area (Å²) in [6.07, 6.45) is 4.16. The van der Waals surface area contributed by atoms with Crippen LogP contribution in [0.5, 0.6) is 5.75 Å². The van der Waals surface area contributed by atoms with Crippen LogP contribution < -0.4 is 4.74 Å². The molecule has 1 saturated carbocycles. The molecule has 0 amide bonds. The normalized spacial score (nSPS) is 15.6. The van der Waals surface area contributed by atoms with Gasteiger partial charge in [-0.05, 0) is 12.8 Å². The lowest BCUT2D eigenvalue weighted by Crippen LogP contribution is -2.16. The largest absolute Gasteiger partial charge is 0.488 e. The highest BCUT2D eigenvalue weighted by atomic mass is 16.5. The fraction of sp³-hybridized carbons (Fsp3) is 0.538. The molecule has 16 heavy (non-hydrogen) atoms. The highest BCUT2D eigenvalue weighted by molar-refractivity contribution is 5.40. The third kappa shape index (κ3) is 2.33. The van der Waals surface area contributed by atoms with Crippen LogP contribution >= 0.6 is 0 Å². The molecule has 3 heteroatoms. The van der Waals surface area contributed by atoms with E-state index in [1.54, 1.807) is 12.3 Å². The molecule has 0 N–H and O–H groups in total. The number of ether oxygens (including phenoxy) is 1.